The number of phenolic OH excluding ortho intramolecular Hbond substituents is 1. The van der Waals surface area contributed by atoms with E-state index in [1.807, 2.05) is 0 Å². The van der Waals surface area contributed by atoms with Gasteiger partial charge in [-0.3, -0.25) is 4.79 Å². The second-order valence-corrected chi connectivity index (χ2v) is 7.32. The highest BCUT2D eigenvalue weighted by molar-refractivity contribution is 9.10. The Labute approximate surface area is 113 Å². The van der Waals surface area contributed by atoms with Crippen LogP contribution in [0.15, 0.2) is 22.7 Å². The molecule has 1 unspecified atom stereocenters. The lowest BCUT2D eigenvalue weighted by molar-refractivity contribution is 0.0940. The molecule has 1 aliphatic rings. The van der Waals surface area contributed by atoms with Crippen LogP contribution < -0.4 is 5.32 Å². The molecule has 0 radical (unpaired) electrons. The Morgan fingerprint density at radius 2 is 2.17 bits per heavy atom. The molecule has 2 N–H and O–H groups in total. The van der Waals surface area contributed by atoms with E-state index in [0.29, 0.717) is 16.5 Å². The fraction of sp³-hybridized carbons (Fsp3) is 0.364. The minimum absolute atomic E-state index is 0.0126. The molecule has 1 heterocycles. The van der Waals surface area contributed by atoms with Crippen LogP contribution in [0.3, 0.4) is 0 Å². The molecule has 1 atom stereocenters. The van der Waals surface area contributed by atoms with Crippen molar-refractivity contribution in [1.82, 2.24) is 5.32 Å². The van der Waals surface area contributed by atoms with E-state index in [0.717, 1.165) is 0 Å². The summed E-state index contributed by atoms with van der Waals surface area (Å²) >= 11 is 3.12. The summed E-state index contributed by atoms with van der Waals surface area (Å²) in [5.41, 5.74) is 0.306. The summed E-state index contributed by atoms with van der Waals surface area (Å²) in [6.45, 7) is 0. The standard InChI is InChI=1S/C11H12BrNO4S/c12-9-2-1-7(5-10(9)14)11(15)13-8-3-4-18(16,17)6-8/h1-2,5,8,14H,3-4,6H2,(H,13,15). The summed E-state index contributed by atoms with van der Waals surface area (Å²) in [5.74, 6) is -0.299. The third-order valence-electron chi connectivity index (χ3n) is 2.78. The highest BCUT2D eigenvalue weighted by atomic mass is 79.9. The average molecular weight is 334 g/mol. The van der Waals surface area contributed by atoms with Crippen molar-refractivity contribution in [2.45, 2.75) is 12.5 Å². The molecule has 5 nitrogen and oxygen atoms in total. The van der Waals surface area contributed by atoms with Crippen molar-refractivity contribution in [3.63, 3.8) is 0 Å². The van der Waals surface area contributed by atoms with Crippen molar-refractivity contribution in [1.29, 1.82) is 0 Å². The van der Waals surface area contributed by atoms with Crippen LogP contribution in [0.4, 0.5) is 0 Å². The molecule has 2 rings (SSSR count). The fourth-order valence-electron chi connectivity index (χ4n) is 1.83. The Kier molecular flexibility index (Phi) is 3.63. The van der Waals surface area contributed by atoms with E-state index in [9.17, 15) is 18.3 Å². The molecule has 0 saturated carbocycles. The minimum Gasteiger partial charge on any atom is -0.507 e. The molecule has 1 fully saturated rings. The lowest BCUT2D eigenvalue weighted by Crippen LogP contribution is -2.35. The van der Waals surface area contributed by atoms with Gasteiger partial charge < -0.3 is 10.4 Å². The zero-order chi connectivity index (χ0) is 13.3. The van der Waals surface area contributed by atoms with Crippen LogP contribution in [0.5, 0.6) is 5.75 Å². The van der Waals surface area contributed by atoms with E-state index >= 15 is 0 Å². The highest BCUT2D eigenvalue weighted by Crippen LogP contribution is 2.24. The molecular weight excluding hydrogens is 322 g/mol. The number of carbonyl (C=O) groups is 1. The molecule has 1 aliphatic heterocycles. The van der Waals surface area contributed by atoms with E-state index in [1.165, 1.54) is 6.07 Å². The van der Waals surface area contributed by atoms with Crippen molar-refractivity contribution in [3.05, 3.63) is 28.2 Å². The van der Waals surface area contributed by atoms with Crippen LogP contribution in [0.25, 0.3) is 0 Å². The van der Waals surface area contributed by atoms with Gasteiger partial charge in [-0.2, -0.15) is 0 Å². The molecule has 1 aromatic rings. The average Bonchev–Trinajstić information content (AvgIpc) is 2.62. The molecule has 0 aromatic heterocycles. The van der Waals surface area contributed by atoms with Crippen molar-refractivity contribution in [2.75, 3.05) is 11.5 Å². The monoisotopic (exact) mass is 333 g/mol. The fourth-order valence-corrected chi connectivity index (χ4v) is 3.75. The lowest BCUT2D eigenvalue weighted by atomic mass is 10.2. The molecule has 0 bridgehead atoms. The maximum Gasteiger partial charge on any atom is 0.251 e. The van der Waals surface area contributed by atoms with Crippen LogP contribution in [-0.2, 0) is 9.84 Å². The Balaban J connectivity index is 2.06. The van der Waals surface area contributed by atoms with Crippen LogP contribution in [0, 0.1) is 0 Å². The predicted molar refractivity (Wildman–Crippen MR) is 70.3 cm³/mol. The summed E-state index contributed by atoms with van der Waals surface area (Å²) < 4.78 is 23.0. The largest absolute Gasteiger partial charge is 0.507 e. The summed E-state index contributed by atoms with van der Waals surface area (Å²) in [7, 11) is -3.01. The van der Waals surface area contributed by atoms with Gasteiger partial charge in [0.15, 0.2) is 9.84 Å². The van der Waals surface area contributed by atoms with E-state index < -0.39 is 9.84 Å². The molecule has 1 amide bonds. The number of carbonyl (C=O) groups excluding carboxylic acids is 1. The molecule has 7 heteroatoms. The van der Waals surface area contributed by atoms with Gasteiger partial charge in [-0.1, -0.05) is 0 Å². The van der Waals surface area contributed by atoms with Gasteiger partial charge in [0.2, 0.25) is 0 Å². The number of phenols is 1. The SMILES string of the molecule is O=C(NC1CCS(=O)(=O)C1)c1ccc(Br)c(O)c1. The van der Waals surface area contributed by atoms with Crippen molar-refractivity contribution >= 4 is 31.7 Å². The second kappa shape index (κ2) is 4.89. The second-order valence-electron chi connectivity index (χ2n) is 4.24. The molecule has 18 heavy (non-hydrogen) atoms. The third kappa shape index (κ3) is 3.02. The maximum atomic E-state index is 11.8. The maximum absolute atomic E-state index is 11.8. The summed E-state index contributed by atoms with van der Waals surface area (Å²) in [6.07, 6.45) is 0.441. The number of hydrogen-bond donors (Lipinski definition) is 2. The van der Waals surface area contributed by atoms with E-state index in [4.69, 9.17) is 0 Å². The van der Waals surface area contributed by atoms with E-state index in [2.05, 4.69) is 21.2 Å². The number of hydrogen-bond acceptors (Lipinski definition) is 4. The minimum atomic E-state index is -3.01. The van der Waals surface area contributed by atoms with Crippen molar-refractivity contribution in [2.24, 2.45) is 0 Å². The Bertz CT molecular complexity index is 585. The van der Waals surface area contributed by atoms with Crippen LogP contribution >= 0.6 is 15.9 Å². The number of aromatic hydroxyl groups is 1. The van der Waals surface area contributed by atoms with Crippen LogP contribution in [0.1, 0.15) is 16.8 Å². The summed E-state index contributed by atoms with van der Waals surface area (Å²) in [6, 6.07) is 4.12. The van der Waals surface area contributed by atoms with Crippen LogP contribution in [-0.4, -0.2) is 37.0 Å². The highest BCUT2D eigenvalue weighted by Gasteiger charge is 2.29. The molecule has 1 saturated heterocycles. The van der Waals surface area contributed by atoms with E-state index in [-0.39, 0.29) is 29.2 Å². The number of sulfone groups is 1. The first kappa shape index (κ1) is 13.4. The smallest absolute Gasteiger partial charge is 0.251 e. The molecule has 0 aliphatic carbocycles. The first-order chi connectivity index (χ1) is 8.37. The number of nitrogens with one attached hydrogen (secondary N) is 1. The number of amides is 1. The Morgan fingerprint density at radius 1 is 1.44 bits per heavy atom. The van der Waals surface area contributed by atoms with Gasteiger partial charge in [0, 0.05) is 11.6 Å². The van der Waals surface area contributed by atoms with E-state index in [1.54, 1.807) is 12.1 Å². The normalized spacial score (nSPS) is 21.7. The Morgan fingerprint density at radius 3 is 2.72 bits per heavy atom. The van der Waals surface area contributed by atoms with Gasteiger partial charge in [-0.25, -0.2) is 8.42 Å². The predicted octanol–water partition coefficient (Wildman–Crippen LogP) is 1.07. The quantitative estimate of drug-likeness (QED) is 0.848. The molecule has 98 valence electrons. The van der Waals surface area contributed by atoms with Gasteiger partial charge in [-0.15, -0.1) is 0 Å². The number of halogens is 1. The first-order valence-corrected chi connectivity index (χ1v) is 7.98. The molecular formula is C11H12BrNO4S. The van der Waals surface area contributed by atoms with Crippen LogP contribution in [0.2, 0.25) is 0 Å². The summed E-state index contributed by atoms with van der Waals surface area (Å²) in [5, 5.41) is 12.1. The lowest BCUT2D eigenvalue weighted by Gasteiger charge is -2.11. The van der Waals surface area contributed by atoms with Crippen molar-refractivity contribution < 1.29 is 18.3 Å². The zero-order valence-corrected chi connectivity index (χ0v) is 11.8. The number of rotatable bonds is 2. The molecule has 0 spiro atoms. The molecule has 1 aromatic carbocycles. The van der Waals surface area contributed by atoms with Gasteiger partial charge in [0.25, 0.3) is 5.91 Å². The topological polar surface area (TPSA) is 83.5 Å². The number of benzene rings is 1. The third-order valence-corrected chi connectivity index (χ3v) is 5.21. The Hall–Kier alpha value is -1.08. The first-order valence-electron chi connectivity index (χ1n) is 5.37. The van der Waals surface area contributed by atoms with Gasteiger partial charge >= 0.3 is 0 Å². The van der Waals surface area contributed by atoms with Gasteiger partial charge in [0.1, 0.15) is 5.75 Å². The van der Waals surface area contributed by atoms with Gasteiger partial charge in [-0.05, 0) is 40.5 Å². The summed E-state index contributed by atoms with van der Waals surface area (Å²) in [4.78, 5) is 11.8. The van der Waals surface area contributed by atoms with Crippen molar-refractivity contribution in [3.8, 4) is 5.75 Å². The van der Waals surface area contributed by atoms with Gasteiger partial charge in [0.05, 0.1) is 16.0 Å². The zero-order valence-electron chi connectivity index (χ0n) is 9.39.